The molecule has 0 saturated carbocycles. The molecule has 24 heavy (non-hydrogen) atoms. The Bertz CT molecular complexity index is 1090. The van der Waals surface area contributed by atoms with Gasteiger partial charge in [0.1, 0.15) is 11.2 Å². The van der Waals surface area contributed by atoms with Gasteiger partial charge >= 0.3 is 5.63 Å². The molecule has 0 aliphatic heterocycles. The molecule has 0 saturated heterocycles. The molecule has 4 aromatic rings. The predicted octanol–water partition coefficient (Wildman–Crippen LogP) is 5.50. The normalized spacial score (nSPS) is 12.1. The molecule has 3 nitrogen and oxygen atoms in total. The topological polar surface area (TPSA) is 43.4 Å². The largest absolute Gasteiger partial charge is 0.464 e. The highest BCUT2D eigenvalue weighted by molar-refractivity contribution is 6.02. The number of hydrogen-bond acceptors (Lipinski definition) is 3. The van der Waals surface area contributed by atoms with Crippen LogP contribution >= 0.6 is 0 Å². The fourth-order valence-corrected chi connectivity index (χ4v) is 3.12. The van der Waals surface area contributed by atoms with Crippen LogP contribution in [0.3, 0.4) is 0 Å². The number of furan rings is 1. The molecule has 4 rings (SSSR count). The van der Waals surface area contributed by atoms with Crippen LogP contribution in [0.4, 0.5) is 0 Å². The molecule has 0 aliphatic rings. The highest BCUT2D eigenvalue weighted by Gasteiger charge is 2.21. The summed E-state index contributed by atoms with van der Waals surface area (Å²) in [6.45, 7) is 6.47. The van der Waals surface area contributed by atoms with E-state index in [4.69, 9.17) is 8.83 Å². The first-order valence-electron chi connectivity index (χ1n) is 7.98. The molecule has 0 fully saturated rings. The molecule has 0 amide bonds. The van der Waals surface area contributed by atoms with Gasteiger partial charge in [-0.2, -0.15) is 0 Å². The van der Waals surface area contributed by atoms with Crippen molar-refractivity contribution in [2.75, 3.05) is 0 Å². The lowest BCUT2D eigenvalue weighted by Crippen LogP contribution is -2.09. The zero-order valence-corrected chi connectivity index (χ0v) is 13.9. The van der Waals surface area contributed by atoms with Gasteiger partial charge in [0, 0.05) is 28.5 Å². The molecular formula is C21H18O3. The lowest BCUT2D eigenvalue weighted by molar-refractivity contribution is 0.553. The highest BCUT2D eigenvalue weighted by Crippen LogP contribution is 2.36. The molecule has 0 bridgehead atoms. The van der Waals surface area contributed by atoms with Gasteiger partial charge in [-0.1, -0.05) is 51.1 Å². The Balaban J connectivity index is 2.11. The first-order chi connectivity index (χ1) is 11.4. The molecule has 0 spiro atoms. The van der Waals surface area contributed by atoms with Crippen LogP contribution in [-0.2, 0) is 5.41 Å². The molecule has 3 heteroatoms. The third kappa shape index (κ3) is 2.33. The van der Waals surface area contributed by atoms with Gasteiger partial charge in [0.05, 0.1) is 6.26 Å². The lowest BCUT2D eigenvalue weighted by Gasteiger charge is -2.16. The molecular weight excluding hydrogens is 300 g/mol. The fourth-order valence-electron chi connectivity index (χ4n) is 3.12. The van der Waals surface area contributed by atoms with Crippen LogP contribution in [0.2, 0.25) is 0 Å². The molecule has 0 aliphatic carbocycles. The third-order valence-corrected chi connectivity index (χ3v) is 4.33. The van der Waals surface area contributed by atoms with E-state index in [9.17, 15) is 4.79 Å². The summed E-state index contributed by atoms with van der Waals surface area (Å²) in [5.74, 6) is 0. The second-order valence-corrected chi connectivity index (χ2v) is 7.09. The molecule has 120 valence electrons. The van der Waals surface area contributed by atoms with Crippen LogP contribution in [0.25, 0.3) is 33.1 Å². The SMILES string of the molecule is CC(C)(C)c1coc2cc3oc(=O)cc(-c4ccccc4)c3cc12. The first-order valence-corrected chi connectivity index (χ1v) is 7.98. The van der Waals surface area contributed by atoms with Crippen LogP contribution in [0.15, 0.2) is 68.4 Å². The van der Waals surface area contributed by atoms with Crippen LogP contribution in [-0.4, -0.2) is 0 Å². The highest BCUT2D eigenvalue weighted by atomic mass is 16.4. The maximum Gasteiger partial charge on any atom is 0.336 e. The Hall–Kier alpha value is -2.81. The molecule has 2 aromatic heterocycles. The Morgan fingerprint density at radius 1 is 0.875 bits per heavy atom. The second kappa shape index (κ2) is 5.10. The minimum Gasteiger partial charge on any atom is -0.464 e. The second-order valence-electron chi connectivity index (χ2n) is 7.09. The molecule has 2 heterocycles. The van der Waals surface area contributed by atoms with Crippen molar-refractivity contribution >= 4 is 21.9 Å². The van der Waals surface area contributed by atoms with Gasteiger partial charge < -0.3 is 8.83 Å². The van der Waals surface area contributed by atoms with Gasteiger partial charge in [-0.05, 0) is 22.6 Å². The average Bonchev–Trinajstić information content (AvgIpc) is 2.96. The van der Waals surface area contributed by atoms with E-state index in [0.717, 1.165) is 33.0 Å². The average molecular weight is 318 g/mol. The van der Waals surface area contributed by atoms with Crippen molar-refractivity contribution in [2.45, 2.75) is 26.2 Å². The maximum atomic E-state index is 12.0. The van der Waals surface area contributed by atoms with E-state index in [1.165, 1.54) is 0 Å². The summed E-state index contributed by atoms with van der Waals surface area (Å²) in [5.41, 5.74) is 3.92. The molecule has 2 aromatic carbocycles. The van der Waals surface area contributed by atoms with Crippen LogP contribution in [0.5, 0.6) is 0 Å². The third-order valence-electron chi connectivity index (χ3n) is 4.33. The summed E-state index contributed by atoms with van der Waals surface area (Å²) in [5, 5.41) is 1.97. The van der Waals surface area contributed by atoms with E-state index in [1.54, 1.807) is 12.3 Å². The number of rotatable bonds is 1. The fraction of sp³-hybridized carbons (Fsp3) is 0.190. The van der Waals surface area contributed by atoms with Crippen LogP contribution < -0.4 is 5.63 Å². The summed E-state index contributed by atoms with van der Waals surface area (Å²) in [6, 6.07) is 15.3. The quantitative estimate of drug-likeness (QED) is 0.435. The van der Waals surface area contributed by atoms with Crippen molar-refractivity contribution in [3.8, 4) is 11.1 Å². The van der Waals surface area contributed by atoms with Crippen molar-refractivity contribution in [1.82, 2.24) is 0 Å². The van der Waals surface area contributed by atoms with E-state index in [0.29, 0.717) is 5.58 Å². The Labute approximate surface area is 139 Å². The van der Waals surface area contributed by atoms with Crippen molar-refractivity contribution in [2.24, 2.45) is 0 Å². The van der Waals surface area contributed by atoms with Crippen molar-refractivity contribution in [3.05, 3.63) is 70.8 Å². The van der Waals surface area contributed by atoms with Crippen molar-refractivity contribution in [1.29, 1.82) is 0 Å². The van der Waals surface area contributed by atoms with Gasteiger partial charge in [0.15, 0.2) is 0 Å². The minimum absolute atomic E-state index is 0.0263. The van der Waals surface area contributed by atoms with E-state index >= 15 is 0 Å². The predicted molar refractivity (Wildman–Crippen MR) is 96.4 cm³/mol. The first kappa shape index (κ1) is 14.8. The van der Waals surface area contributed by atoms with E-state index in [-0.39, 0.29) is 11.0 Å². The zero-order valence-electron chi connectivity index (χ0n) is 13.9. The molecule has 0 atom stereocenters. The summed E-state index contributed by atoms with van der Waals surface area (Å²) >= 11 is 0. The van der Waals surface area contributed by atoms with Gasteiger partial charge in [-0.15, -0.1) is 0 Å². The van der Waals surface area contributed by atoms with Gasteiger partial charge in [-0.25, -0.2) is 4.79 Å². The lowest BCUT2D eigenvalue weighted by atomic mass is 9.86. The van der Waals surface area contributed by atoms with E-state index < -0.39 is 0 Å². The minimum atomic E-state index is -0.358. The summed E-state index contributed by atoms with van der Waals surface area (Å²) in [7, 11) is 0. The molecule has 0 N–H and O–H groups in total. The van der Waals surface area contributed by atoms with E-state index in [2.05, 4.69) is 26.8 Å². The number of benzene rings is 2. The summed E-state index contributed by atoms with van der Waals surface area (Å²) < 4.78 is 11.1. The Morgan fingerprint density at radius 3 is 2.33 bits per heavy atom. The summed E-state index contributed by atoms with van der Waals surface area (Å²) in [6.07, 6.45) is 1.80. The summed E-state index contributed by atoms with van der Waals surface area (Å²) in [4.78, 5) is 12.0. The van der Waals surface area contributed by atoms with Crippen LogP contribution in [0, 0.1) is 0 Å². The van der Waals surface area contributed by atoms with E-state index in [1.807, 2.05) is 36.4 Å². The van der Waals surface area contributed by atoms with Gasteiger partial charge in [0.25, 0.3) is 0 Å². The van der Waals surface area contributed by atoms with Crippen molar-refractivity contribution in [3.63, 3.8) is 0 Å². The van der Waals surface area contributed by atoms with Gasteiger partial charge in [0.2, 0.25) is 0 Å². The van der Waals surface area contributed by atoms with Gasteiger partial charge in [-0.3, -0.25) is 0 Å². The Kier molecular flexibility index (Phi) is 3.14. The monoisotopic (exact) mass is 318 g/mol. The van der Waals surface area contributed by atoms with Crippen LogP contribution in [0.1, 0.15) is 26.3 Å². The Morgan fingerprint density at radius 2 is 1.62 bits per heavy atom. The zero-order chi connectivity index (χ0) is 16.9. The number of hydrogen-bond donors (Lipinski definition) is 0. The maximum absolute atomic E-state index is 12.0. The molecule has 0 unspecified atom stereocenters. The van der Waals surface area contributed by atoms with Crippen molar-refractivity contribution < 1.29 is 8.83 Å². The standard InChI is InChI=1S/C21H18O3/c1-21(2,3)17-12-23-18-11-19-15(9-16(17)18)14(10-20(22)24-19)13-7-5-4-6-8-13/h4-12H,1-3H3. The number of fused-ring (bicyclic) bond motifs is 2. The molecule has 0 radical (unpaired) electrons. The smallest absolute Gasteiger partial charge is 0.336 e.